The average molecular weight is 430 g/mol. The lowest BCUT2D eigenvalue weighted by Crippen LogP contribution is -2.31. The second-order valence-electron chi connectivity index (χ2n) is 6.10. The maximum Gasteiger partial charge on any atom is 0.341 e. The minimum atomic E-state index is -0.801. The van der Waals surface area contributed by atoms with E-state index < -0.39 is 12.6 Å². The lowest BCUT2D eigenvalue weighted by atomic mass is 10.2. The first-order valence-corrected chi connectivity index (χ1v) is 9.15. The number of amides is 1. The van der Waals surface area contributed by atoms with Gasteiger partial charge in [-0.25, -0.2) is 4.79 Å². The van der Waals surface area contributed by atoms with Crippen molar-refractivity contribution in [2.24, 2.45) is 0 Å². The van der Waals surface area contributed by atoms with E-state index in [4.69, 9.17) is 39.5 Å². The molecule has 0 unspecified atom stereocenters. The summed E-state index contributed by atoms with van der Waals surface area (Å²) < 4.78 is 5.05. The van der Waals surface area contributed by atoms with Gasteiger partial charge < -0.3 is 14.5 Å². The smallest absolute Gasteiger partial charge is 0.341 e. The molecular weight excluding hydrogens is 411 g/mol. The van der Waals surface area contributed by atoms with Gasteiger partial charge in [0.15, 0.2) is 6.61 Å². The molecule has 1 amide bonds. The van der Waals surface area contributed by atoms with Crippen LogP contribution in [0.4, 0.5) is 5.69 Å². The van der Waals surface area contributed by atoms with Gasteiger partial charge in [0.05, 0.1) is 20.6 Å². The second-order valence-corrected chi connectivity index (χ2v) is 7.30. The third-order valence-electron chi connectivity index (χ3n) is 3.87. The summed E-state index contributed by atoms with van der Waals surface area (Å²) in [6, 6.07) is 10.7. The number of halogens is 3. The van der Waals surface area contributed by atoms with Crippen molar-refractivity contribution >= 4 is 52.4 Å². The van der Waals surface area contributed by atoms with Gasteiger partial charge in [-0.05, 0) is 29.8 Å². The molecule has 5 nitrogen and oxygen atoms in total. The lowest BCUT2D eigenvalue weighted by Gasteiger charge is -2.18. The van der Waals surface area contributed by atoms with Crippen molar-refractivity contribution in [3.05, 3.63) is 62.6 Å². The Bertz CT molecular complexity index is 839. The monoisotopic (exact) mass is 428 g/mol. The molecule has 0 aromatic heterocycles. The number of rotatable bonds is 6. The van der Waals surface area contributed by atoms with Gasteiger partial charge in [-0.3, -0.25) is 4.79 Å². The number of ether oxygens (including phenoxy) is 1. The fourth-order valence-electron chi connectivity index (χ4n) is 2.29. The molecule has 2 rings (SSSR count). The zero-order chi connectivity index (χ0) is 20.1. The Morgan fingerprint density at radius 1 is 0.926 bits per heavy atom. The topological polar surface area (TPSA) is 49.9 Å². The Balaban J connectivity index is 1.95. The molecule has 0 fully saturated rings. The van der Waals surface area contributed by atoms with Crippen molar-refractivity contribution < 1.29 is 14.3 Å². The number of carbonyl (C=O) groups is 2. The first-order chi connectivity index (χ1) is 12.7. The summed E-state index contributed by atoms with van der Waals surface area (Å²) >= 11 is 17.9. The summed E-state index contributed by atoms with van der Waals surface area (Å²) in [5.74, 6) is -1.15. The molecule has 8 heteroatoms. The van der Waals surface area contributed by atoms with E-state index in [9.17, 15) is 9.59 Å². The second kappa shape index (κ2) is 9.31. The number of esters is 1. The molecule has 27 heavy (non-hydrogen) atoms. The van der Waals surface area contributed by atoms with Crippen LogP contribution in [-0.4, -0.2) is 44.5 Å². The number of carbonyl (C=O) groups excluding carboxylic acids is 2. The van der Waals surface area contributed by atoms with Crippen LogP contribution in [-0.2, 0) is 16.1 Å². The summed E-state index contributed by atoms with van der Waals surface area (Å²) in [6.07, 6.45) is 0. The summed E-state index contributed by atoms with van der Waals surface area (Å²) in [5.41, 5.74) is 1.97. The first kappa shape index (κ1) is 21.4. The Morgan fingerprint density at radius 2 is 1.52 bits per heavy atom. The van der Waals surface area contributed by atoms with Gasteiger partial charge in [0, 0.05) is 33.4 Å². The standard InChI is InChI=1S/C19H19Cl3N2O3/c1-23(2)13-6-4-12(5-7-13)10-24(3)16(25)11-27-19(26)17-14(20)8-9-15(21)18(17)22/h4-9H,10-11H2,1-3H3. The van der Waals surface area contributed by atoms with Crippen molar-refractivity contribution in [3.63, 3.8) is 0 Å². The van der Waals surface area contributed by atoms with Crippen LogP contribution in [0.1, 0.15) is 15.9 Å². The molecule has 0 N–H and O–H groups in total. The SMILES string of the molecule is CN(Cc1ccc(N(C)C)cc1)C(=O)COC(=O)c1c(Cl)ccc(Cl)c1Cl. The lowest BCUT2D eigenvalue weighted by molar-refractivity contribution is -0.133. The van der Waals surface area contributed by atoms with Crippen molar-refractivity contribution in [3.8, 4) is 0 Å². The highest BCUT2D eigenvalue weighted by molar-refractivity contribution is 6.46. The minimum Gasteiger partial charge on any atom is -0.452 e. The van der Waals surface area contributed by atoms with Crippen LogP contribution in [0, 0.1) is 0 Å². The van der Waals surface area contributed by atoms with Gasteiger partial charge in [0.1, 0.15) is 0 Å². The number of benzene rings is 2. The van der Waals surface area contributed by atoms with Gasteiger partial charge in [-0.15, -0.1) is 0 Å². The number of likely N-dealkylation sites (N-methyl/N-ethyl adjacent to an activating group) is 1. The van der Waals surface area contributed by atoms with Gasteiger partial charge in [-0.1, -0.05) is 46.9 Å². The van der Waals surface area contributed by atoms with E-state index in [0.717, 1.165) is 11.3 Å². The molecule has 0 aliphatic rings. The number of nitrogens with zero attached hydrogens (tertiary/aromatic N) is 2. The van der Waals surface area contributed by atoms with Gasteiger partial charge in [0.25, 0.3) is 5.91 Å². The van der Waals surface area contributed by atoms with E-state index in [0.29, 0.717) is 6.54 Å². The normalized spacial score (nSPS) is 10.4. The molecule has 0 saturated heterocycles. The maximum atomic E-state index is 12.2. The largest absolute Gasteiger partial charge is 0.452 e. The zero-order valence-electron chi connectivity index (χ0n) is 15.1. The van der Waals surface area contributed by atoms with Crippen LogP contribution in [0.15, 0.2) is 36.4 Å². The molecule has 0 atom stereocenters. The van der Waals surface area contributed by atoms with E-state index in [-0.39, 0.29) is 26.5 Å². The number of anilines is 1. The summed E-state index contributed by atoms with van der Waals surface area (Å²) in [5, 5.41) is 0.282. The highest BCUT2D eigenvalue weighted by atomic mass is 35.5. The Kier molecular flexibility index (Phi) is 7.36. The predicted octanol–water partition coefficient (Wildman–Crippen LogP) is 4.53. The van der Waals surface area contributed by atoms with Crippen LogP contribution in [0.25, 0.3) is 0 Å². The molecule has 0 radical (unpaired) electrons. The van der Waals surface area contributed by atoms with Crippen molar-refractivity contribution in [1.82, 2.24) is 4.90 Å². The van der Waals surface area contributed by atoms with Crippen LogP contribution in [0.2, 0.25) is 15.1 Å². The number of hydrogen-bond donors (Lipinski definition) is 0. The quantitative estimate of drug-likeness (QED) is 0.500. The zero-order valence-corrected chi connectivity index (χ0v) is 17.4. The molecule has 0 bridgehead atoms. The molecular formula is C19H19Cl3N2O3. The van der Waals surface area contributed by atoms with Crippen molar-refractivity contribution in [2.45, 2.75) is 6.54 Å². The fraction of sp³-hybridized carbons (Fsp3) is 0.263. The van der Waals surface area contributed by atoms with E-state index in [1.54, 1.807) is 7.05 Å². The fourth-order valence-corrected chi connectivity index (χ4v) is 2.97. The third kappa shape index (κ3) is 5.51. The molecule has 0 heterocycles. The average Bonchev–Trinajstić information content (AvgIpc) is 2.63. The molecule has 0 aliphatic carbocycles. The minimum absolute atomic E-state index is 0.00375. The van der Waals surface area contributed by atoms with Crippen LogP contribution in [0.5, 0.6) is 0 Å². The Labute approximate surface area is 173 Å². The van der Waals surface area contributed by atoms with Crippen molar-refractivity contribution in [2.75, 3.05) is 32.6 Å². The summed E-state index contributed by atoms with van der Waals surface area (Å²) in [6.45, 7) is -0.0347. The molecule has 2 aromatic rings. The molecule has 0 saturated carbocycles. The van der Waals surface area contributed by atoms with E-state index in [1.807, 2.05) is 43.3 Å². The Morgan fingerprint density at radius 3 is 2.11 bits per heavy atom. The maximum absolute atomic E-state index is 12.2. The molecule has 2 aromatic carbocycles. The first-order valence-electron chi connectivity index (χ1n) is 8.01. The van der Waals surface area contributed by atoms with E-state index >= 15 is 0 Å². The van der Waals surface area contributed by atoms with Crippen molar-refractivity contribution in [1.29, 1.82) is 0 Å². The van der Waals surface area contributed by atoms with Crippen LogP contribution >= 0.6 is 34.8 Å². The predicted molar refractivity (Wildman–Crippen MR) is 109 cm³/mol. The van der Waals surface area contributed by atoms with Crippen LogP contribution < -0.4 is 4.90 Å². The van der Waals surface area contributed by atoms with Gasteiger partial charge >= 0.3 is 5.97 Å². The summed E-state index contributed by atoms with van der Waals surface area (Å²) in [7, 11) is 5.55. The van der Waals surface area contributed by atoms with Crippen LogP contribution in [0.3, 0.4) is 0 Å². The highest BCUT2D eigenvalue weighted by Crippen LogP contribution is 2.31. The van der Waals surface area contributed by atoms with Gasteiger partial charge in [0.2, 0.25) is 0 Å². The van der Waals surface area contributed by atoms with E-state index in [1.165, 1.54) is 17.0 Å². The van der Waals surface area contributed by atoms with Gasteiger partial charge in [-0.2, -0.15) is 0 Å². The summed E-state index contributed by atoms with van der Waals surface area (Å²) in [4.78, 5) is 27.9. The molecule has 0 aliphatic heterocycles. The number of hydrogen-bond acceptors (Lipinski definition) is 4. The third-order valence-corrected chi connectivity index (χ3v) is 4.99. The molecule has 0 spiro atoms. The van der Waals surface area contributed by atoms with E-state index in [2.05, 4.69) is 0 Å². The highest BCUT2D eigenvalue weighted by Gasteiger charge is 2.20. The molecule has 144 valence electrons. The Hall–Kier alpha value is -1.95.